The van der Waals surface area contributed by atoms with Crippen LogP contribution in [0, 0.1) is 0 Å². The summed E-state index contributed by atoms with van der Waals surface area (Å²) in [4.78, 5) is 14.9. The van der Waals surface area contributed by atoms with Crippen molar-refractivity contribution < 1.29 is 19.7 Å². The molecule has 106 valence electrons. The van der Waals surface area contributed by atoms with Crippen molar-refractivity contribution in [3.8, 4) is 22.1 Å². The number of ether oxygens (including phenoxy) is 1. The standard InChI is InChI=1S/C14H15NO4S/c1-2-19-12-7-9(3-5-11(12)16)14-15-10(8-20-14)4-6-13(17)18/h3,5,7-8,16H,2,4,6H2,1H3,(H,17,18). The van der Waals surface area contributed by atoms with E-state index in [2.05, 4.69) is 4.98 Å². The van der Waals surface area contributed by atoms with E-state index in [1.54, 1.807) is 18.2 Å². The van der Waals surface area contributed by atoms with Gasteiger partial charge >= 0.3 is 5.97 Å². The van der Waals surface area contributed by atoms with Gasteiger partial charge in [-0.2, -0.15) is 0 Å². The van der Waals surface area contributed by atoms with Crippen LogP contribution in [0.3, 0.4) is 0 Å². The summed E-state index contributed by atoms with van der Waals surface area (Å²) in [6.07, 6.45) is 0.491. The summed E-state index contributed by atoms with van der Waals surface area (Å²) in [6, 6.07) is 5.06. The van der Waals surface area contributed by atoms with Gasteiger partial charge in [-0.15, -0.1) is 11.3 Å². The van der Waals surface area contributed by atoms with Crippen LogP contribution in [0.15, 0.2) is 23.6 Å². The van der Waals surface area contributed by atoms with Gasteiger partial charge in [-0.25, -0.2) is 4.98 Å². The lowest BCUT2D eigenvalue weighted by molar-refractivity contribution is -0.136. The van der Waals surface area contributed by atoms with E-state index in [1.807, 2.05) is 12.3 Å². The summed E-state index contributed by atoms with van der Waals surface area (Å²) in [6.45, 7) is 2.32. The average molecular weight is 293 g/mol. The smallest absolute Gasteiger partial charge is 0.303 e. The first-order chi connectivity index (χ1) is 9.60. The third-order valence-corrected chi connectivity index (χ3v) is 3.59. The van der Waals surface area contributed by atoms with Crippen LogP contribution in [0.25, 0.3) is 10.6 Å². The van der Waals surface area contributed by atoms with Crippen molar-refractivity contribution in [2.45, 2.75) is 19.8 Å². The fourth-order valence-electron chi connectivity index (χ4n) is 1.71. The molecule has 5 nitrogen and oxygen atoms in total. The lowest BCUT2D eigenvalue weighted by Crippen LogP contribution is -1.97. The largest absolute Gasteiger partial charge is 0.504 e. The number of carboxylic acids is 1. The summed E-state index contributed by atoms with van der Waals surface area (Å²) in [5.41, 5.74) is 1.61. The third-order valence-electron chi connectivity index (χ3n) is 2.65. The number of nitrogens with zero attached hydrogens (tertiary/aromatic N) is 1. The van der Waals surface area contributed by atoms with Gasteiger partial charge in [0.2, 0.25) is 0 Å². The van der Waals surface area contributed by atoms with Gasteiger partial charge in [0, 0.05) is 17.4 Å². The molecule has 0 unspecified atom stereocenters. The molecule has 20 heavy (non-hydrogen) atoms. The first-order valence-corrected chi connectivity index (χ1v) is 7.10. The molecule has 0 spiro atoms. The van der Waals surface area contributed by atoms with Gasteiger partial charge in [-0.3, -0.25) is 4.79 Å². The SMILES string of the molecule is CCOc1cc(-c2nc(CCC(=O)O)cs2)ccc1O. The predicted molar refractivity (Wildman–Crippen MR) is 76.3 cm³/mol. The summed E-state index contributed by atoms with van der Waals surface area (Å²) in [5.74, 6) is -0.312. The molecule has 1 heterocycles. The molecule has 0 aliphatic rings. The Hall–Kier alpha value is -2.08. The molecular formula is C14H15NO4S. The number of thiazole rings is 1. The monoisotopic (exact) mass is 293 g/mol. The van der Waals surface area contributed by atoms with E-state index in [0.29, 0.717) is 18.8 Å². The Morgan fingerprint density at radius 3 is 2.95 bits per heavy atom. The maximum absolute atomic E-state index is 10.5. The van der Waals surface area contributed by atoms with Crippen molar-refractivity contribution >= 4 is 17.3 Å². The maximum Gasteiger partial charge on any atom is 0.303 e. The molecule has 2 rings (SSSR count). The Morgan fingerprint density at radius 1 is 1.45 bits per heavy atom. The molecule has 6 heteroatoms. The van der Waals surface area contributed by atoms with E-state index < -0.39 is 5.97 Å². The predicted octanol–water partition coefficient (Wildman–Crippen LogP) is 2.93. The first-order valence-electron chi connectivity index (χ1n) is 6.22. The van der Waals surface area contributed by atoms with Crippen molar-refractivity contribution in [1.29, 1.82) is 0 Å². The van der Waals surface area contributed by atoms with Crippen LogP contribution >= 0.6 is 11.3 Å². The van der Waals surface area contributed by atoms with Gasteiger partial charge in [0.15, 0.2) is 11.5 Å². The average Bonchev–Trinajstić information content (AvgIpc) is 2.88. The number of rotatable bonds is 6. The van der Waals surface area contributed by atoms with Gasteiger partial charge in [0.05, 0.1) is 18.7 Å². The van der Waals surface area contributed by atoms with Crippen molar-refractivity contribution in [3.05, 3.63) is 29.3 Å². The van der Waals surface area contributed by atoms with Crippen LogP contribution < -0.4 is 4.74 Å². The fourth-order valence-corrected chi connectivity index (χ4v) is 2.56. The minimum atomic E-state index is -0.831. The zero-order valence-corrected chi connectivity index (χ0v) is 11.8. The zero-order valence-electron chi connectivity index (χ0n) is 11.0. The minimum absolute atomic E-state index is 0.0724. The molecule has 0 saturated heterocycles. The molecule has 0 aliphatic heterocycles. The molecule has 0 amide bonds. The van der Waals surface area contributed by atoms with Gasteiger partial charge in [-0.1, -0.05) is 0 Å². The van der Waals surface area contributed by atoms with Crippen LogP contribution in [0.4, 0.5) is 0 Å². The number of benzene rings is 1. The van der Waals surface area contributed by atoms with Crippen LogP contribution in [-0.2, 0) is 11.2 Å². The van der Waals surface area contributed by atoms with Crippen LogP contribution in [0.5, 0.6) is 11.5 Å². The van der Waals surface area contributed by atoms with Crippen LogP contribution in [-0.4, -0.2) is 27.8 Å². The Labute approximate surface area is 120 Å². The van der Waals surface area contributed by atoms with Gasteiger partial charge in [0.1, 0.15) is 5.01 Å². The Balaban J connectivity index is 2.19. The highest BCUT2D eigenvalue weighted by Gasteiger charge is 2.09. The molecule has 0 radical (unpaired) electrons. The van der Waals surface area contributed by atoms with E-state index in [0.717, 1.165) is 16.3 Å². The first kappa shape index (κ1) is 14.3. The molecule has 2 N–H and O–H groups in total. The van der Waals surface area contributed by atoms with Gasteiger partial charge in [0.25, 0.3) is 0 Å². The molecule has 0 fully saturated rings. The van der Waals surface area contributed by atoms with Gasteiger partial charge < -0.3 is 14.9 Å². The van der Waals surface area contributed by atoms with Crippen molar-refractivity contribution in [1.82, 2.24) is 4.98 Å². The van der Waals surface area contributed by atoms with E-state index in [-0.39, 0.29) is 12.2 Å². The van der Waals surface area contributed by atoms with Crippen LogP contribution in [0.2, 0.25) is 0 Å². The molecule has 0 bridgehead atoms. The number of aromatic hydroxyl groups is 1. The van der Waals surface area contributed by atoms with E-state index >= 15 is 0 Å². The van der Waals surface area contributed by atoms with Crippen LogP contribution in [0.1, 0.15) is 19.0 Å². The Morgan fingerprint density at radius 2 is 2.25 bits per heavy atom. The molecule has 1 aromatic carbocycles. The number of carboxylic acid groups (broad SMARTS) is 1. The zero-order chi connectivity index (χ0) is 14.5. The number of hydrogen-bond donors (Lipinski definition) is 2. The van der Waals surface area contributed by atoms with E-state index in [4.69, 9.17) is 9.84 Å². The second-order valence-electron chi connectivity index (χ2n) is 4.15. The highest BCUT2D eigenvalue weighted by Crippen LogP contribution is 2.33. The third kappa shape index (κ3) is 3.48. The number of aliphatic carboxylic acids is 1. The van der Waals surface area contributed by atoms with E-state index in [9.17, 15) is 9.90 Å². The van der Waals surface area contributed by atoms with Gasteiger partial charge in [-0.05, 0) is 25.1 Å². The maximum atomic E-state index is 10.5. The summed E-state index contributed by atoms with van der Waals surface area (Å²) < 4.78 is 5.33. The Kier molecular flexibility index (Phi) is 4.57. The second kappa shape index (κ2) is 6.38. The number of carbonyl (C=O) groups is 1. The highest BCUT2D eigenvalue weighted by molar-refractivity contribution is 7.13. The van der Waals surface area contributed by atoms with Crippen molar-refractivity contribution in [2.24, 2.45) is 0 Å². The molecule has 1 aromatic heterocycles. The number of aryl methyl sites for hydroxylation is 1. The molecule has 2 aromatic rings. The second-order valence-corrected chi connectivity index (χ2v) is 5.01. The highest BCUT2D eigenvalue weighted by atomic mass is 32.1. The molecule has 0 saturated carbocycles. The topological polar surface area (TPSA) is 79.7 Å². The molecular weight excluding hydrogens is 278 g/mol. The molecule has 0 aliphatic carbocycles. The number of phenolic OH excluding ortho intramolecular Hbond substituents is 1. The van der Waals surface area contributed by atoms with Crippen molar-refractivity contribution in [2.75, 3.05) is 6.61 Å². The minimum Gasteiger partial charge on any atom is -0.504 e. The fraction of sp³-hybridized carbons (Fsp3) is 0.286. The quantitative estimate of drug-likeness (QED) is 0.856. The van der Waals surface area contributed by atoms with Crippen molar-refractivity contribution in [3.63, 3.8) is 0 Å². The summed E-state index contributed by atoms with van der Waals surface area (Å²) >= 11 is 1.45. The number of hydrogen-bond acceptors (Lipinski definition) is 5. The molecule has 0 atom stereocenters. The Bertz CT molecular complexity index is 609. The van der Waals surface area contributed by atoms with E-state index in [1.165, 1.54) is 11.3 Å². The lowest BCUT2D eigenvalue weighted by Gasteiger charge is -2.06. The number of aromatic nitrogens is 1. The summed E-state index contributed by atoms with van der Waals surface area (Å²) in [7, 11) is 0. The number of phenols is 1. The lowest BCUT2D eigenvalue weighted by atomic mass is 10.2. The summed E-state index contributed by atoms with van der Waals surface area (Å²) in [5, 5.41) is 20.9. The normalized spacial score (nSPS) is 10.4.